The van der Waals surface area contributed by atoms with Crippen molar-refractivity contribution in [3.05, 3.63) is 35.8 Å². The molecule has 0 spiro atoms. The van der Waals surface area contributed by atoms with Gasteiger partial charge in [0.1, 0.15) is 5.76 Å². The summed E-state index contributed by atoms with van der Waals surface area (Å²) in [5.74, 6) is 2.54. The Hall–Kier alpha value is -1.84. The van der Waals surface area contributed by atoms with Crippen LogP contribution in [-0.4, -0.2) is 12.1 Å². The zero-order chi connectivity index (χ0) is 12.5. The van der Waals surface area contributed by atoms with E-state index in [0.717, 1.165) is 18.1 Å². The van der Waals surface area contributed by atoms with Gasteiger partial charge in [0.25, 0.3) is 0 Å². The Kier molecular flexibility index (Phi) is 2.78. The highest BCUT2D eigenvalue weighted by molar-refractivity contribution is 5.91. The largest absolute Gasteiger partial charge is 0.456 e. The van der Waals surface area contributed by atoms with Crippen molar-refractivity contribution >= 4 is 12.1 Å². The van der Waals surface area contributed by atoms with Gasteiger partial charge in [-0.3, -0.25) is 4.79 Å². The van der Waals surface area contributed by atoms with Crippen LogP contribution in [0.25, 0.3) is 0 Å². The summed E-state index contributed by atoms with van der Waals surface area (Å²) in [4.78, 5) is 11.7. The number of hydrogen-bond donors (Lipinski definition) is 1. The third-order valence-corrected chi connectivity index (χ3v) is 3.73. The first-order valence-corrected chi connectivity index (χ1v) is 6.30. The fraction of sp³-hybridized carbons (Fsp3) is 0.429. The van der Waals surface area contributed by atoms with Crippen LogP contribution in [-0.2, 0) is 0 Å². The summed E-state index contributed by atoms with van der Waals surface area (Å²) in [6.45, 7) is 1.81. The summed E-state index contributed by atoms with van der Waals surface area (Å²) in [5.41, 5.74) is 2.51. The lowest BCUT2D eigenvalue weighted by Gasteiger charge is -2.11. The predicted molar refractivity (Wildman–Crippen MR) is 68.2 cm³/mol. The number of aryl methyl sites for hydroxylation is 1. The molecule has 1 fully saturated rings. The molecule has 0 aromatic carbocycles. The molecule has 3 unspecified atom stereocenters. The zero-order valence-corrected chi connectivity index (χ0v) is 10.3. The summed E-state index contributed by atoms with van der Waals surface area (Å²) in [7, 11) is 0. The van der Waals surface area contributed by atoms with E-state index in [1.807, 2.05) is 13.1 Å². The van der Waals surface area contributed by atoms with Gasteiger partial charge in [-0.1, -0.05) is 12.2 Å². The lowest BCUT2D eigenvalue weighted by Crippen LogP contribution is -2.18. The van der Waals surface area contributed by atoms with Gasteiger partial charge in [-0.05, 0) is 43.7 Å². The molecule has 2 aliphatic carbocycles. The molecule has 0 saturated heterocycles. The molecule has 1 heterocycles. The molecule has 4 heteroatoms. The average Bonchev–Trinajstić information content (AvgIpc) is 3.04. The maximum Gasteiger partial charge on any atom is 0.307 e. The molecule has 94 valence electrons. The average molecular weight is 244 g/mol. The van der Waals surface area contributed by atoms with E-state index in [0.29, 0.717) is 17.6 Å². The van der Waals surface area contributed by atoms with Crippen LogP contribution >= 0.6 is 0 Å². The summed E-state index contributed by atoms with van der Waals surface area (Å²) < 4.78 is 5.22. The van der Waals surface area contributed by atoms with Gasteiger partial charge >= 0.3 is 5.91 Å². The van der Waals surface area contributed by atoms with Crippen molar-refractivity contribution < 1.29 is 9.21 Å². The molecule has 1 aromatic rings. The Bertz CT molecular complexity index is 516. The Balaban J connectivity index is 1.55. The Labute approximate surface area is 106 Å². The molecule has 1 N–H and O–H groups in total. The van der Waals surface area contributed by atoms with Gasteiger partial charge < -0.3 is 4.42 Å². The van der Waals surface area contributed by atoms with Crippen LogP contribution in [0.4, 0.5) is 0 Å². The molecular formula is C14H16N2O2. The van der Waals surface area contributed by atoms with E-state index in [1.54, 1.807) is 12.1 Å². The topological polar surface area (TPSA) is 54.6 Å². The predicted octanol–water partition coefficient (Wildman–Crippen LogP) is 2.52. The van der Waals surface area contributed by atoms with Crippen LogP contribution in [0.15, 0.2) is 33.8 Å². The number of carbonyl (C=O) groups excluding carboxylic acids is 1. The lowest BCUT2D eigenvalue weighted by atomic mass is 9.95. The smallest absolute Gasteiger partial charge is 0.307 e. The van der Waals surface area contributed by atoms with Gasteiger partial charge in [0.15, 0.2) is 5.76 Å². The molecule has 1 amide bonds. The molecular weight excluding hydrogens is 228 g/mol. The number of hydrazone groups is 1. The number of fused-ring (bicyclic) bond motifs is 2. The van der Waals surface area contributed by atoms with Crippen LogP contribution in [0.2, 0.25) is 0 Å². The number of amides is 1. The second-order valence-electron chi connectivity index (χ2n) is 5.07. The van der Waals surface area contributed by atoms with Crippen molar-refractivity contribution in [3.63, 3.8) is 0 Å². The van der Waals surface area contributed by atoms with Crippen molar-refractivity contribution in [2.45, 2.75) is 19.8 Å². The molecule has 0 radical (unpaired) electrons. The van der Waals surface area contributed by atoms with Crippen LogP contribution in [0, 0.1) is 24.7 Å². The van der Waals surface area contributed by atoms with Gasteiger partial charge in [-0.15, -0.1) is 0 Å². The van der Waals surface area contributed by atoms with E-state index in [1.165, 1.54) is 6.42 Å². The van der Waals surface area contributed by atoms with Crippen molar-refractivity contribution in [1.82, 2.24) is 5.43 Å². The molecule has 3 atom stereocenters. The number of hydrogen-bond acceptors (Lipinski definition) is 3. The van der Waals surface area contributed by atoms with Crippen LogP contribution in [0.3, 0.4) is 0 Å². The second-order valence-corrected chi connectivity index (χ2v) is 5.07. The summed E-state index contributed by atoms with van der Waals surface area (Å²) in [5, 5.41) is 4.04. The summed E-state index contributed by atoms with van der Waals surface area (Å²) in [6, 6.07) is 3.42. The maximum atomic E-state index is 11.7. The minimum atomic E-state index is -0.293. The normalized spacial score (nSPS) is 29.3. The van der Waals surface area contributed by atoms with E-state index >= 15 is 0 Å². The van der Waals surface area contributed by atoms with Crippen molar-refractivity contribution in [3.8, 4) is 0 Å². The number of allylic oxidation sites excluding steroid dienone is 2. The van der Waals surface area contributed by atoms with E-state index in [-0.39, 0.29) is 5.91 Å². The first-order valence-electron chi connectivity index (χ1n) is 6.30. The Morgan fingerprint density at radius 3 is 2.94 bits per heavy atom. The standard InChI is InChI=1S/C14H16N2O2/c1-9-2-5-13(18-9)14(17)16-15-8-12-7-10-3-4-11(12)6-10/h2-5,8,10-12H,6-7H2,1H3,(H,16,17). The second kappa shape index (κ2) is 4.44. The minimum absolute atomic E-state index is 0.293. The Morgan fingerprint density at radius 2 is 2.33 bits per heavy atom. The molecule has 3 rings (SSSR count). The summed E-state index contributed by atoms with van der Waals surface area (Å²) >= 11 is 0. The van der Waals surface area contributed by atoms with Gasteiger partial charge in [0.2, 0.25) is 0 Å². The highest BCUT2D eigenvalue weighted by Crippen LogP contribution is 2.42. The number of nitrogens with one attached hydrogen (secondary N) is 1. The monoisotopic (exact) mass is 244 g/mol. The first kappa shape index (κ1) is 11.3. The zero-order valence-electron chi connectivity index (χ0n) is 10.3. The number of rotatable bonds is 3. The van der Waals surface area contributed by atoms with Crippen molar-refractivity contribution in [1.29, 1.82) is 0 Å². The Morgan fingerprint density at radius 1 is 1.44 bits per heavy atom. The molecule has 1 saturated carbocycles. The number of furan rings is 1. The van der Waals surface area contributed by atoms with Crippen molar-refractivity contribution in [2.75, 3.05) is 0 Å². The maximum absolute atomic E-state index is 11.7. The van der Waals surface area contributed by atoms with Crippen molar-refractivity contribution in [2.24, 2.45) is 22.9 Å². The van der Waals surface area contributed by atoms with Crippen LogP contribution < -0.4 is 5.43 Å². The highest BCUT2D eigenvalue weighted by Gasteiger charge is 2.34. The third-order valence-electron chi connectivity index (χ3n) is 3.73. The lowest BCUT2D eigenvalue weighted by molar-refractivity contribution is 0.0926. The molecule has 1 aromatic heterocycles. The minimum Gasteiger partial charge on any atom is -0.456 e. The van der Waals surface area contributed by atoms with E-state index in [9.17, 15) is 4.79 Å². The summed E-state index contributed by atoms with van der Waals surface area (Å²) in [6.07, 6.45) is 8.81. The number of nitrogens with zero attached hydrogens (tertiary/aromatic N) is 1. The van der Waals surface area contributed by atoms with E-state index < -0.39 is 0 Å². The number of carbonyl (C=O) groups is 1. The SMILES string of the molecule is Cc1ccc(C(=O)NN=CC2CC3C=CC2C3)o1. The molecule has 4 nitrogen and oxygen atoms in total. The van der Waals surface area contributed by atoms with Gasteiger partial charge in [0.05, 0.1) is 0 Å². The fourth-order valence-electron chi connectivity index (χ4n) is 2.80. The molecule has 0 aliphatic heterocycles. The van der Waals surface area contributed by atoms with Crippen LogP contribution in [0.5, 0.6) is 0 Å². The quantitative estimate of drug-likeness (QED) is 0.504. The molecule has 18 heavy (non-hydrogen) atoms. The highest BCUT2D eigenvalue weighted by atomic mass is 16.3. The molecule has 2 bridgehead atoms. The van der Waals surface area contributed by atoms with E-state index in [2.05, 4.69) is 22.7 Å². The van der Waals surface area contributed by atoms with Crippen LogP contribution in [0.1, 0.15) is 29.2 Å². The first-order chi connectivity index (χ1) is 8.72. The third kappa shape index (κ3) is 2.10. The van der Waals surface area contributed by atoms with Gasteiger partial charge in [-0.2, -0.15) is 5.10 Å². The fourth-order valence-corrected chi connectivity index (χ4v) is 2.80. The van der Waals surface area contributed by atoms with Gasteiger partial charge in [0, 0.05) is 12.1 Å². The van der Waals surface area contributed by atoms with E-state index in [4.69, 9.17) is 4.42 Å². The molecule has 2 aliphatic rings. The van der Waals surface area contributed by atoms with Gasteiger partial charge in [-0.25, -0.2) is 5.43 Å².